The minimum Gasteiger partial charge on any atom is -0.373 e. The molecule has 1 rings (SSSR count). The predicted octanol–water partition coefficient (Wildman–Crippen LogP) is 3.78. The van der Waals surface area contributed by atoms with E-state index in [2.05, 4.69) is 53.3 Å². The minimum absolute atomic E-state index is 0.345. The first-order valence-corrected chi connectivity index (χ1v) is 6.81. The van der Waals surface area contributed by atoms with E-state index in [0.29, 0.717) is 23.5 Å². The van der Waals surface area contributed by atoms with E-state index < -0.39 is 0 Å². The molecule has 0 spiro atoms. The lowest BCUT2D eigenvalue weighted by molar-refractivity contribution is 0.116. The van der Waals surface area contributed by atoms with Crippen LogP contribution in [0.15, 0.2) is 0 Å². The molecule has 0 bridgehead atoms. The molecule has 0 fully saturated rings. The van der Waals surface area contributed by atoms with Crippen molar-refractivity contribution in [2.75, 3.05) is 6.61 Å². The molecule has 0 aromatic carbocycles. The van der Waals surface area contributed by atoms with E-state index in [1.54, 1.807) is 0 Å². The molecule has 0 aliphatic rings. The van der Waals surface area contributed by atoms with Gasteiger partial charge in [-0.1, -0.05) is 32.4 Å². The van der Waals surface area contributed by atoms with Crippen molar-refractivity contribution in [3.05, 3.63) is 20.2 Å². The summed E-state index contributed by atoms with van der Waals surface area (Å²) in [5.74, 6) is 1.01. The fourth-order valence-electron chi connectivity index (χ4n) is 1.24. The number of hydrogen-bond acceptors (Lipinski definition) is 3. The average molecular weight is 355 g/mol. The summed E-state index contributed by atoms with van der Waals surface area (Å²) in [6.07, 6.45) is 0.995. The number of rotatable bonds is 5. The van der Waals surface area contributed by atoms with Gasteiger partial charge in [-0.25, -0.2) is 9.97 Å². The fraction of sp³-hybridized carbons (Fsp3) is 0.636. The highest BCUT2D eigenvalue weighted by atomic mass is 127. The van der Waals surface area contributed by atoms with E-state index in [1.165, 1.54) is 0 Å². The molecule has 0 aliphatic heterocycles. The molecule has 5 heteroatoms. The summed E-state index contributed by atoms with van der Waals surface area (Å²) in [7, 11) is 0. The molecule has 0 N–H and O–H groups in total. The zero-order valence-corrected chi connectivity index (χ0v) is 12.7. The molecule has 3 nitrogen and oxygen atoms in total. The molecule has 0 amide bonds. The largest absolute Gasteiger partial charge is 0.373 e. The van der Waals surface area contributed by atoms with Gasteiger partial charge in [-0.3, -0.25) is 0 Å². The lowest BCUT2D eigenvalue weighted by Crippen LogP contribution is -2.07. The topological polar surface area (TPSA) is 35.0 Å². The second-order valence-corrected chi connectivity index (χ2v) is 5.27. The molecule has 0 unspecified atom stereocenters. The van der Waals surface area contributed by atoms with Gasteiger partial charge >= 0.3 is 0 Å². The highest BCUT2D eigenvalue weighted by Gasteiger charge is 2.13. The maximum absolute atomic E-state index is 6.06. The molecular formula is C11H16ClIN2O. The van der Waals surface area contributed by atoms with Crippen molar-refractivity contribution in [3.8, 4) is 0 Å². The molecule has 1 aromatic heterocycles. The van der Waals surface area contributed by atoms with E-state index in [0.717, 1.165) is 22.3 Å². The minimum atomic E-state index is 0.345. The Balaban J connectivity index is 2.86. The summed E-state index contributed by atoms with van der Waals surface area (Å²) in [5.41, 5.74) is 0.996. The Morgan fingerprint density at radius 2 is 2.06 bits per heavy atom. The number of halogens is 2. The smallest absolute Gasteiger partial charge is 0.156 e. The SMILES string of the molecule is CCCOCc1nc(Cl)c(I)c(C(C)C)n1. The Kier molecular flexibility index (Phi) is 5.92. The van der Waals surface area contributed by atoms with Crippen LogP contribution >= 0.6 is 34.2 Å². The molecule has 1 heterocycles. The molecule has 0 radical (unpaired) electrons. The van der Waals surface area contributed by atoms with Crippen LogP contribution in [0.2, 0.25) is 5.15 Å². The van der Waals surface area contributed by atoms with Gasteiger partial charge in [0.1, 0.15) is 11.8 Å². The first-order valence-electron chi connectivity index (χ1n) is 5.35. The normalized spacial score (nSPS) is 11.1. The van der Waals surface area contributed by atoms with Crippen LogP contribution in [0.5, 0.6) is 0 Å². The van der Waals surface area contributed by atoms with E-state index in [9.17, 15) is 0 Å². The van der Waals surface area contributed by atoms with Crippen molar-refractivity contribution in [2.24, 2.45) is 0 Å². The summed E-state index contributed by atoms with van der Waals surface area (Å²) >= 11 is 8.25. The van der Waals surface area contributed by atoms with Crippen LogP contribution in [-0.2, 0) is 11.3 Å². The van der Waals surface area contributed by atoms with E-state index in [-0.39, 0.29) is 0 Å². The number of hydrogen-bond donors (Lipinski definition) is 0. The van der Waals surface area contributed by atoms with Gasteiger partial charge in [0.25, 0.3) is 0 Å². The molecule has 0 saturated carbocycles. The van der Waals surface area contributed by atoms with Crippen molar-refractivity contribution >= 4 is 34.2 Å². The molecule has 90 valence electrons. The van der Waals surface area contributed by atoms with Gasteiger partial charge < -0.3 is 4.74 Å². The van der Waals surface area contributed by atoms with Gasteiger partial charge in [-0.05, 0) is 34.9 Å². The van der Waals surface area contributed by atoms with Crippen LogP contribution in [0, 0.1) is 3.57 Å². The second-order valence-electron chi connectivity index (χ2n) is 3.84. The Labute approximate surface area is 115 Å². The predicted molar refractivity (Wildman–Crippen MR) is 73.8 cm³/mol. The fourth-order valence-corrected chi connectivity index (χ4v) is 2.29. The van der Waals surface area contributed by atoms with E-state index in [4.69, 9.17) is 16.3 Å². The van der Waals surface area contributed by atoms with Gasteiger partial charge in [-0.15, -0.1) is 0 Å². The standard InChI is InChI=1S/C11H16ClIN2O/c1-4-5-16-6-8-14-10(7(2)3)9(13)11(12)15-8/h7H,4-6H2,1-3H3. The summed E-state index contributed by atoms with van der Waals surface area (Å²) < 4.78 is 6.35. The first kappa shape index (κ1) is 14.1. The zero-order chi connectivity index (χ0) is 12.1. The van der Waals surface area contributed by atoms with Gasteiger partial charge in [0.05, 0.1) is 9.26 Å². The third-order valence-corrected chi connectivity index (χ3v) is 3.67. The van der Waals surface area contributed by atoms with E-state index >= 15 is 0 Å². The lowest BCUT2D eigenvalue weighted by atomic mass is 10.1. The van der Waals surface area contributed by atoms with Crippen molar-refractivity contribution in [3.63, 3.8) is 0 Å². The van der Waals surface area contributed by atoms with Crippen LogP contribution in [0.25, 0.3) is 0 Å². The first-order chi connectivity index (χ1) is 7.56. The third-order valence-electron chi connectivity index (χ3n) is 2.01. The van der Waals surface area contributed by atoms with Crippen molar-refractivity contribution in [1.82, 2.24) is 9.97 Å². The van der Waals surface area contributed by atoms with Gasteiger partial charge in [0.15, 0.2) is 5.82 Å². The van der Waals surface area contributed by atoms with Crippen molar-refractivity contribution < 1.29 is 4.74 Å². The van der Waals surface area contributed by atoms with Crippen molar-refractivity contribution in [1.29, 1.82) is 0 Å². The zero-order valence-electron chi connectivity index (χ0n) is 9.76. The lowest BCUT2D eigenvalue weighted by Gasteiger charge is -2.10. The summed E-state index contributed by atoms with van der Waals surface area (Å²) in [5, 5.41) is 0.523. The summed E-state index contributed by atoms with van der Waals surface area (Å²) in [4.78, 5) is 8.69. The monoisotopic (exact) mass is 354 g/mol. The maximum atomic E-state index is 6.06. The molecular weight excluding hydrogens is 338 g/mol. The maximum Gasteiger partial charge on any atom is 0.156 e. The second kappa shape index (κ2) is 6.71. The number of aromatic nitrogens is 2. The Morgan fingerprint density at radius 3 is 2.62 bits per heavy atom. The van der Waals surface area contributed by atoms with Gasteiger partial charge in [0, 0.05) is 6.61 Å². The van der Waals surface area contributed by atoms with Crippen molar-refractivity contribution in [2.45, 2.75) is 39.7 Å². The summed E-state index contributed by atoms with van der Waals surface area (Å²) in [6.45, 7) is 7.42. The Bertz CT molecular complexity index is 358. The average Bonchev–Trinajstić information content (AvgIpc) is 2.23. The highest BCUT2D eigenvalue weighted by molar-refractivity contribution is 14.1. The van der Waals surface area contributed by atoms with Crippen LogP contribution in [0.3, 0.4) is 0 Å². The third kappa shape index (κ3) is 3.82. The molecule has 0 atom stereocenters. The number of ether oxygens (including phenoxy) is 1. The Hall–Kier alpha value is 0.0600. The molecule has 0 saturated heterocycles. The van der Waals surface area contributed by atoms with Crippen LogP contribution in [-0.4, -0.2) is 16.6 Å². The van der Waals surface area contributed by atoms with Gasteiger partial charge in [0.2, 0.25) is 0 Å². The van der Waals surface area contributed by atoms with E-state index in [1.807, 2.05) is 0 Å². The van der Waals surface area contributed by atoms with Gasteiger partial charge in [-0.2, -0.15) is 0 Å². The van der Waals surface area contributed by atoms with Crippen LogP contribution in [0.4, 0.5) is 0 Å². The quantitative estimate of drug-likeness (QED) is 0.458. The number of nitrogens with zero attached hydrogens (tertiary/aromatic N) is 2. The molecule has 16 heavy (non-hydrogen) atoms. The van der Waals surface area contributed by atoms with Crippen LogP contribution in [0.1, 0.15) is 44.6 Å². The highest BCUT2D eigenvalue weighted by Crippen LogP contribution is 2.24. The summed E-state index contributed by atoms with van der Waals surface area (Å²) in [6, 6.07) is 0. The van der Waals surface area contributed by atoms with Crippen LogP contribution < -0.4 is 0 Å². The Morgan fingerprint density at radius 1 is 1.38 bits per heavy atom. The molecule has 0 aliphatic carbocycles. The molecule has 1 aromatic rings.